The van der Waals surface area contributed by atoms with Crippen LogP contribution in [0.25, 0.3) is 21.7 Å². The quantitative estimate of drug-likeness (QED) is 0.443. The molecule has 1 fully saturated rings. The van der Waals surface area contributed by atoms with Crippen molar-refractivity contribution in [3.63, 3.8) is 0 Å². The molecule has 1 saturated heterocycles. The lowest BCUT2D eigenvalue weighted by Gasteiger charge is -2.35. The van der Waals surface area contributed by atoms with E-state index < -0.39 is 0 Å². The van der Waals surface area contributed by atoms with Crippen LogP contribution in [-0.2, 0) is 13.2 Å². The Morgan fingerprint density at radius 2 is 1.58 bits per heavy atom. The van der Waals surface area contributed by atoms with Gasteiger partial charge >= 0.3 is 0 Å². The minimum atomic E-state index is -0.194. The van der Waals surface area contributed by atoms with E-state index in [0.29, 0.717) is 65.5 Å². The minimum Gasteiger partial charge on any atom is -0.392 e. The summed E-state index contributed by atoms with van der Waals surface area (Å²) in [5, 5.41) is 21.9. The Morgan fingerprint density at radius 1 is 0.879 bits per heavy atom. The number of benzene rings is 3. The molecule has 0 atom stereocenters. The molecule has 8 nitrogen and oxygen atoms in total. The first kappa shape index (κ1) is 21.1. The monoisotopic (exact) mass is 443 g/mol. The van der Waals surface area contributed by atoms with E-state index in [4.69, 9.17) is 5.73 Å². The number of aliphatic hydroxyl groups is 2. The van der Waals surface area contributed by atoms with Gasteiger partial charge in [-0.25, -0.2) is 4.98 Å². The molecule has 4 N–H and O–H groups in total. The lowest BCUT2D eigenvalue weighted by Crippen LogP contribution is -2.49. The summed E-state index contributed by atoms with van der Waals surface area (Å²) < 4.78 is 0. The second kappa shape index (κ2) is 8.65. The summed E-state index contributed by atoms with van der Waals surface area (Å²) in [7, 11) is 0. The van der Waals surface area contributed by atoms with Crippen molar-refractivity contribution in [1.82, 2.24) is 14.9 Å². The molecule has 0 spiro atoms. The number of amides is 1. The molecule has 1 aliphatic heterocycles. The number of carbonyl (C=O) groups excluding carboxylic acids is 1. The van der Waals surface area contributed by atoms with Gasteiger partial charge in [-0.3, -0.25) is 4.79 Å². The Bertz CT molecular complexity index is 1350. The Morgan fingerprint density at radius 3 is 2.30 bits per heavy atom. The Labute approximate surface area is 190 Å². The summed E-state index contributed by atoms with van der Waals surface area (Å²) in [6.07, 6.45) is 0. The number of nitrogens with two attached hydrogens (primary N) is 1. The van der Waals surface area contributed by atoms with Gasteiger partial charge in [-0.1, -0.05) is 30.3 Å². The molecule has 0 aliphatic carbocycles. The largest absolute Gasteiger partial charge is 0.392 e. The zero-order valence-corrected chi connectivity index (χ0v) is 18.1. The number of rotatable bonds is 4. The standard InChI is InChI=1S/C25H25N5O3/c26-23-21-12-19(14-31)20(15-32)13-22(21)27-25(28-23)30-9-7-29(8-10-30)24(33)18-6-5-16-3-1-2-4-17(16)11-18/h1-6,11-13,31-32H,7-10,14-15H2,(H2,26,27,28). The molecular weight excluding hydrogens is 418 g/mol. The second-order valence-electron chi connectivity index (χ2n) is 8.20. The predicted octanol–water partition coefficient (Wildman–Crippen LogP) is 2.31. The lowest BCUT2D eigenvalue weighted by molar-refractivity contribution is 0.0746. The molecule has 1 amide bonds. The zero-order valence-electron chi connectivity index (χ0n) is 18.1. The fraction of sp³-hybridized carbons (Fsp3) is 0.240. The highest BCUT2D eigenvalue weighted by atomic mass is 16.3. The van der Waals surface area contributed by atoms with Crippen LogP contribution in [0.2, 0.25) is 0 Å². The molecule has 0 radical (unpaired) electrons. The smallest absolute Gasteiger partial charge is 0.253 e. The Kier molecular flexibility index (Phi) is 5.53. The fourth-order valence-electron chi connectivity index (χ4n) is 4.32. The van der Waals surface area contributed by atoms with Gasteiger partial charge < -0.3 is 25.7 Å². The summed E-state index contributed by atoms with van der Waals surface area (Å²) in [6.45, 7) is 1.90. The second-order valence-corrected chi connectivity index (χ2v) is 8.20. The number of piperazine rings is 1. The molecular formula is C25H25N5O3. The summed E-state index contributed by atoms with van der Waals surface area (Å²) in [6, 6.07) is 17.3. The first-order valence-electron chi connectivity index (χ1n) is 10.9. The molecule has 1 aromatic heterocycles. The third kappa shape index (κ3) is 3.94. The number of aromatic nitrogens is 2. The Hall–Kier alpha value is -3.75. The number of hydrogen-bond donors (Lipinski definition) is 3. The van der Waals surface area contributed by atoms with Crippen molar-refractivity contribution in [2.24, 2.45) is 0 Å². The van der Waals surface area contributed by atoms with Gasteiger partial charge in [-0.15, -0.1) is 0 Å². The van der Waals surface area contributed by atoms with Crippen LogP contribution in [0.15, 0.2) is 54.6 Å². The van der Waals surface area contributed by atoms with Crippen LogP contribution in [0.5, 0.6) is 0 Å². The highest BCUT2D eigenvalue weighted by molar-refractivity contribution is 5.98. The molecule has 168 valence electrons. The van der Waals surface area contributed by atoms with E-state index in [-0.39, 0.29) is 19.1 Å². The number of hydrogen-bond acceptors (Lipinski definition) is 7. The first-order valence-corrected chi connectivity index (χ1v) is 10.9. The van der Waals surface area contributed by atoms with Crippen molar-refractivity contribution in [2.75, 3.05) is 36.8 Å². The van der Waals surface area contributed by atoms with Gasteiger partial charge in [0.15, 0.2) is 0 Å². The number of carbonyl (C=O) groups is 1. The van der Waals surface area contributed by atoms with Gasteiger partial charge in [-0.05, 0) is 46.2 Å². The number of nitrogens with zero attached hydrogens (tertiary/aromatic N) is 4. The van der Waals surface area contributed by atoms with Crippen molar-refractivity contribution in [2.45, 2.75) is 13.2 Å². The summed E-state index contributed by atoms with van der Waals surface area (Å²) in [4.78, 5) is 26.0. The molecule has 0 unspecified atom stereocenters. The molecule has 2 heterocycles. The normalized spacial score (nSPS) is 14.2. The highest BCUT2D eigenvalue weighted by Gasteiger charge is 2.24. The van der Waals surface area contributed by atoms with E-state index in [1.165, 1.54) is 0 Å². The maximum absolute atomic E-state index is 13.1. The van der Waals surface area contributed by atoms with Crippen molar-refractivity contribution in [1.29, 1.82) is 0 Å². The van der Waals surface area contributed by atoms with Gasteiger partial charge in [0.25, 0.3) is 5.91 Å². The average molecular weight is 444 g/mol. The summed E-state index contributed by atoms with van der Waals surface area (Å²) in [5.74, 6) is 0.839. The van der Waals surface area contributed by atoms with E-state index in [0.717, 1.165) is 10.8 Å². The minimum absolute atomic E-state index is 0.0171. The third-order valence-electron chi connectivity index (χ3n) is 6.22. The number of nitrogen functional groups attached to an aromatic ring is 1. The van der Waals surface area contributed by atoms with Gasteiger partial charge in [0.2, 0.25) is 5.95 Å². The van der Waals surface area contributed by atoms with Crippen molar-refractivity contribution >= 4 is 39.3 Å². The van der Waals surface area contributed by atoms with E-state index in [1.54, 1.807) is 12.1 Å². The third-order valence-corrected chi connectivity index (χ3v) is 6.22. The van der Waals surface area contributed by atoms with Crippen LogP contribution in [0.1, 0.15) is 21.5 Å². The van der Waals surface area contributed by atoms with Crippen molar-refractivity contribution in [3.05, 3.63) is 71.3 Å². The van der Waals surface area contributed by atoms with Crippen LogP contribution in [-0.4, -0.2) is 57.2 Å². The molecule has 4 aromatic rings. The number of fused-ring (bicyclic) bond motifs is 2. The lowest BCUT2D eigenvalue weighted by atomic mass is 10.1. The Balaban J connectivity index is 1.34. The SMILES string of the molecule is Nc1nc(N2CCN(C(=O)c3ccc4ccccc4c3)CC2)nc2cc(CO)c(CO)cc12. The van der Waals surface area contributed by atoms with Crippen LogP contribution < -0.4 is 10.6 Å². The summed E-state index contributed by atoms with van der Waals surface area (Å²) in [5.41, 5.74) is 8.71. The maximum Gasteiger partial charge on any atom is 0.253 e. The van der Waals surface area contributed by atoms with Crippen LogP contribution in [0.3, 0.4) is 0 Å². The molecule has 5 rings (SSSR count). The fourth-order valence-corrected chi connectivity index (χ4v) is 4.32. The molecule has 1 aliphatic rings. The van der Waals surface area contributed by atoms with Gasteiger partial charge in [-0.2, -0.15) is 4.98 Å². The van der Waals surface area contributed by atoms with E-state index in [1.807, 2.05) is 52.3 Å². The van der Waals surface area contributed by atoms with Crippen LogP contribution >= 0.6 is 0 Å². The molecule has 0 bridgehead atoms. The number of aliphatic hydroxyl groups excluding tert-OH is 2. The maximum atomic E-state index is 13.1. The van der Waals surface area contributed by atoms with Crippen molar-refractivity contribution < 1.29 is 15.0 Å². The van der Waals surface area contributed by atoms with Gasteiger partial charge in [0.1, 0.15) is 5.82 Å². The number of anilines is 2. The van der Waals surface area contributed by atoms with E-state index in [2.05, 4.69) is 9.97 Å². The van der Waals surface area contributed by atoms with E-state index in [9.17, 15) is 15.0 Å². The topological polar surface area (TPSA) is 116 Å². The first-order chi connectivity index (χ1) is 16.1. The highest BCUT2D eigenvalue weighted by Crippen LogP contribution is 2.26. The molecule has 3 aromatic carbocycles. The van der Waals surface area contributed by atoms with E-state index >= 15 is 0 Å². The molecule has 0 saturated carbocycles. The summed E-state index contributed by atoms with van der Waals surface area (Å²) >= 11 is 0. The predicted molar refractivity (Wildman–Crippen MR) is 128 cm³/mol. The van der Waals surface area contributed by atoms with Gasteiger partial charge in [0.05, 0.1) is 18.7 Å². The van der Waals surface area contributed by atoms with Crippen molar-refractivity contribution in [3.8, 4) is 0 Å². The molecule has 33 heavy (non-hydrogen) atoms. The van der Waals surface area contributed by atoms with Crippen LogP contribution in [0, 0.1) is 0 Å². The van der Waals surface area contributed by atoms with Crippen LogP contribution in [0.4, 0.5) is 11.8 Å². The average Bonchev–Trinajstić information content (AvgIpc) is 2.87. The van der Waals surface area contributed by atoms with Gasteiger partial charge in [0, 0.05) is 37.1 Å². The molecule has 8 heteroatoms. The zero-order chi connectivity index (χ0) is 22.9.